The Hall–Kier alpha value is -0.0400. The minimum absolute atomic E-state index is 0.406. The summed E-state index contributed by atoms with van der Waals surface area (Å²) in [5.41, 5.74) is 0.811. The number of likely N-dealkylation sites (tertiary alicyclic amines) is 1. The number of piperidine rings is 1. The van der Waals surface area contributed by atoms with Crippen molar-refractivity contribution in [2.45, 2.75) is 92.8 Å². The molecule has 0 aromatic rings. The molecule has 0 amide bonds. The van der Waals surface area contributed by atoms with E-state index in [1.54, 1.807) is 0 Å². The number of hydrogen-bond acceptors (Lipinski definition) is 0. The van der Waals surface area contributed by atoms with E-state index in [9.17, 15) is 0 Å². The fraction of sp³-hybridized carbons (Fsp3) is 1.00. The Bertz CT molecular complexity index is 255. The summed E-state index contributed by atoms with van der Waals surface area (Å²) in [4.78, 5) is 0. The first-order valence-electron chi connectivity index (χ1n) is 7.77. The average Bonchev–Trinajstić information content (AvgIpc) is 2.13. The van der Waals surface area contributed by atoms with Gasteiger partial charge in [-0.2, -0.15) is 0 Å². The lowest BCUT2D eigenvalue weighted by molar-refractivity contribution is -0.991. The largest absolute Gasteiger partial charge is 0.318 e. The summed E-state index contributed by atoms with van der Waals surface area (Å²) >= 11 is 0. The first kappa shape index (κ1) is 16.0. The molecule has 1 heteroatoms. The second-order valence-electron chi connectivity index (χ2n) is 9.01. The first-order valence-corrected chi connectivity index (χ1v) is 7.77. The highest BCUT2D eigenvalue weighted by Crippen LogP contribution is 2.46. The molecule has 0 aromatic carbocycles. The summed E-state index contributed by atoms with van der Waals surface area (Å²) in [5.74, 6) is 0. The van der Waals surface area contributed by atoms with E-state index in [0.717, 1.165) is 12.1 Å². The van der Waals surface area contributed by atoms with Crippen molar-refractivity contribution in [3.8, 4) is 0 Å². The molecule has 1 aliphatic rings. The molecule has 1 heterocycles. The van der Waals surface area contributed by atoms with Crippen molar-refractivity contribution in [1.82, 2.24) is 0 Å². The second-order valence-corrected chi connectivity index (χ2v) is 9.01. The topological polar surface area (TPSA) is 0 Å². The summed E-state index contributed by atoms with van der Waals surface area (Å²) in [7, 11) is 2.52. The minimum atomic E-state index is 0.406. The van der Waals surface area contributed by atoms with E-state index in [2.05, 4.69) is 62.4 Å². The molecule has 0 saturated carbocycles. The molecule has 1 rings (SSSR count). The van der Waals surface area contributed by atoms with Crippen LogP contribution in [-0.2, 0) is 0 Å². The number of quaternary nitrogens is 1. The quantitative estimate of drug-likeness (QED) is 0.587. The normalized spacial score (nSPS) is 35.0. The minimum Gasteiger partial charge on any atom is -0.318 e. The zero-order chi connectivity index (χ0) is 14.4. The van der Waals surface area contributed by atoms with Crippen LogP contribution in [0.2, 0.25) is 0 Å². The van der Waals surface area contributed by atoms with Gasteiger partial charge in [-0.05, 0) is 20.3 Å². The smallest absolute Gasteiger partial charge is 0.0941 e. The molecule has 18 heavy (non-hydrogen) atoms. The maximum Gasteiger partial charge on any atom is 0.0941 e. The van der Waals surface area contributed by atoms with Crippen LogP contribution in [0, 0.1) is 10.8 Å². The van der Waals surface area contributed by atoms with E-state index >= 15 is 0 Å². The fourth-order valence-corrected chi connectivity index (χ4v) is 4.53. The molecular weight excluding hydrogens is 218 g/mol. The Balaban J connectivity index is 3.23. The van der Waals surface area contributed by atoms with Gasteiger partial charge in [0.25, 0.3) is 0 Å². The summed E-state index contributed by atoms with van der Waals surface area (Å²) in [6.45, 7) is 19.4. The third kappa shape index (κ3) is 2.76. The number of rotatable bonds is 1. The highest BCUT2D eigenvalue weighted by atomic mass is 15.4. The van der Waals surface area contributed by atoms with Gasteiger partial charge in [-0.1, -0.05) is 41.5 Å². The monoisotopic (exact) mass is 254 g/mol. The molecule has 0 N–H and O–H groups in total. The Morgan fingerprint density at radius 2 is 1.17 bits per heavy atom. The van der Waals surface area contributed by atoms with Crippen molar-refractivity contribution >= 4 is 0 Å². The molecular formula is C17H36N+. The van der Waals surface area contributed by atoms with Crippen molar-refractivity contribution in [3.63, 3.8) is 0 Å². The first-order chi connectivity index (χ1) is 7.91. The highest BCUT2D eigenvalue weighted by Gasteiger charge is 2.53. The molecule has 2 atom stereocenters. The van der Waals surface area contributed by atoms with Crippen molar-refractivity contribution in [3.05, 3.63) is 0 Å². The van der Waals surface area contributed by atoms with Crippen molar-refractivity contribution in [2.75, 3.05) is 7.05 Å². The number of hydrogen-bond donors (Lipinski definition) is 0. The van der Waals surface area contributed by atoms with Gasteiger partial charge in [-0.3, -0.25) is 0 Å². The van der Waals surface area contributed by atoms with E-state index in [1.807, 2.05) is 0 Å². The van der Waals surface area contributed by atoms with Gasteiger partial charge in [0.15, 0.2) is 0 Å². The maximum absolute atomic E-state index is 2.52. The standard InChI is InChI=1S/C17H36N/c1-13(2)18(9)14(16(3,4)5)11-10-12-15(18)17(6,7)8/h13-15H,10-12H2,1-9H3/q+1. The van der Waals surface area contributed by atoms with Crippen LogP contribution in [0.3, 0.4) is 0 Å². The Morgan fingerprint density at radius 1 is 0.833 bits per heavy atom. The summed E-state index contributed by atoms with van der Waals surface area (Å²) in [5, 5.41) is 0. The van der Waals surface area contributed by atoms with Gasteiger partial charge in [0, 0.05) is 23.7 Å². The van der Waals surface area contributed by atoms with Gasteiger partial charge >= 0.3 is 0 Å². The molecule has 1 fully saturated rings. The molecule has 2 unspecified atom stereocenters. The van der Waals surface area contributed by atoms with Crippen LogP contribution in [-0.4, -0.2) is 29.7 Å². The third-order valence-electron chi connectivity index (χ3n) is 5.41. The highest BCUT2D eigenvalue weighted by molar-refractivity contribution is 4.87. The summed E-state index contributed by atoms with van der Waals surface area (Å²) in [6, 6.07) is 2.28. The molecule has 1 aliphatic heterocycles. The predicted octanol–water partition coefficient (Wildman–Crippen LogP) is 4.85. The Labute approximate surface area is 116 Å². The van der Waals surface area contributed by atoms with Gasteiger partial charge in [-0.15, -0.1) is 0 Å². The predicted molar refractivity (Wildman–Crippen MR) is 81.7 cm³/mol. The molecule has 0 spiro atoms. The zero-order valence-electron chi connectivity index (χ0n) is 14.3. The lowest BCUT2D eigenvalue weighted by Crippen LogP contribution is -2.70. The van der Waals surface area contributed by atoms with Gasteiger partial charge < -0.3 is 4.48 Å². The van der Waals surface area contributed by atoms with Gasteiger partial charge in [0.05, 0.1) is 25.2 Å². The van der Waals surface area contributed by atoms with Crippen LogP contribution < -0.4 is 0 Å². The average molecular weight is 254 g/mol. The summed E-state index contributed by atoms with van der Waals surface area (Å²) in [6.07, 6.45) is 4.19. The molecule has 1 saturated heterocycles. The fourth-order valence-electron chi connectivity index (χ4n) is 4.53. The maximum atomic E-state index is 2.52. The molecule has 0 aliphatic carbocycles. The molecule has 1 nitrogen and oxygen atoms in total. The zero-order valence-corrected chi connectivity index (χ0v) is 14.3. The van der Waals surface area contributed by atoms with Crippen molar-refractivity contribution < 1.29 is 4.48 Å². The van der Waals surface area contributed by atoms with Crippen LogP contribution in [0.4, 0.5) is 0 Å². The van der Waals surface area contributed by atoms with Gasteiger partial charge in [0.1, 0.15) is 0 Å². The van der Waals surface area contributed by atoms with Crippen LogP contribution in [0.5, 0.6) is 0 Å². The van der Waals surface area contributed by atoms with E-state index in [-0.39, 0.29) is 0 Å². The molecule has 0 bridgehead atoms. The van der Waals surface area contributed by atoms with Crippen molar-refractivity contribution in [1.29, 1.82) is 0 Å². The molecule has 108 valence electrons. The Morgan fingerprint density at radius 3 is 1.39 bits per heavy atom. The second kappa shape index (κ2) is 4.81. The van der Waals surface area contributed by atoms with Crippen LogP contribution in [0.1, 0.15) is 74.7 Å². The van der Waals surface area contributed by atoms with Crippen LogP contribution in [0.25, 0.3) is 0 Å². The number of nitrogens with zero attached hydrogens (tertiary/aromatic N) is 1. The van der Waals surface area contributed by atoms with E-state index in [4.69, 9.17) is 0 Å². The van der Waals surface area contributed by atoms with Crippen molar-refractivity contribution in [2.24, 2.45) is 10.8 Å². The van der Waals surface area contributed by atoms with Gasteiger partial charge in [-0.25, -0.2) is 0 Å². The van der Waals surface area contributed by atoms with Crippen LogP contribution in [0.15, 0.2) is 0 Å². The van der Waals surface area contributed by atoms with E-state index in [1.165, 1.54) is 23.7 Å². The molecule has 0 aromatic heterocycles. The van der Waals surface area contributed by atoms with Crippen LogP contribution >= 0.6 is 0 Å². The molecule has 0 radical (unpaired) electrons. The van der Waals surface area contributed by atoms with E-state index in [0.29, 0.717) is 16.9 Å². The van der Waals surface area contributed by atoms with Gasteiger partial charge in [0.2, 0.25) is 0 Å². The third-order valence-corrected chi connectivity index (χ3v) is 5.41. The Kier molecular flexibility index (Phi) is 4.28. The SMILES string of the molecule is CC(C)[N+]1(C)C(C(C)(C)C)CCCC1C(C)(C)C. The summed E-state index contributed by atoms with van der Waals surface area (Å²) < 4.78 is 1.26. The lowest BCUT2D eigenvalue weighted by Gasteiger charge is -2.60. The lowest BCUT2D eigenvalue weighted by atomic mass is 9.70. The van der Waals surface area contributed by atoms with E-state index < -0.39 is 0 Å².